The van der Waals surface area contributed by atoms with Gasteiger partial charge < -0.3 is 20.6 Å². The number of nitrogens with zero attached hydrogens (tertiary/aromatic N) is 1. The van der Waals surface area contributed by atoms with Gasteiger partial charge in [0.05, 0.1) is 0 Å². The van der Waals surface area contributed by atoms with Crippen LogP contribution < -0.4 is 15.5 Å². The van der Waals surface area contributed by atoms with Gasteiger partial charge in [0.1, 0.15) is 11.6 Å². The van der Waals surface area contributed by atoms with Crippen LogP contribution in [0.4, 0.5) is 20.2 Å². The van der Waals surface area contributed by atoms with E-state index in [2.05, 4.69) is 10.6 Å². The molecule has 0 spiro atoms. The van der Waals surface area contributed by atoms with Crippen molar-refractivity contribution in [3.05, 3.63) is 59.2 Å². The average molecular weight is 415 g/mol. The van der Waals surface area contributed by atoms with Gasteiger partial charge >= 0.3 is 0 Å². The molecule has 0 aliphatic carbocycles. The van der Waals surface area contributed by atoms with E-state index in [0.29, 0.717) is 24.2 Å². The Labute approximate surface area is 170 Å². The molecule has 0 unspecified atom stereocenters. The highest BCUT2D eigenvalue weighted by Crippen LogP contribution is 2.32. The van der Waals surface area contributed by atoms with Crippen LogP contribution in [-0.2, 0) is 27.3 Å². The normalized spacial score (nSPS) is 20.7. The quantitative estimate of drug-likeness (QED) is 0.661. The lowest BCUT2D eigenvalue weighted by Gasteiger charge is -2.24. The van der Waals surface area contributed by atoms with Crippen molar-refractivity contribution in [2.75, 3.05) is 16.8 Å². The molecule has 2 aromatic rings. The minimum absolute atomic E-state index is 0.0757. The molecule has 7 nitrogen and oxygen atoms in total. The topological polar surface area (TPSA) is 98.7 Å². The number of benzene rings is 2. The maximum atomic E-state index is 13.7. The van der Waals surface area contributed by atoms with E-state index in [-0.39, 0.29) is 31.0 Å². The number of rotatable bonds is 4. The first-order valence-corrected chi connectivity index (χ1v) is 9.47. The lowest BCUT2D eigenvalue weighted by atomic mass is 10.0. The zero-order valence-electron chi connectivity index (χ0n) is 15.9. The number of carbonyl (C=O) groups is 3. The Balaban J connectivity index is 1.48. The van der Waals surface area contributed by atoms with E-state index in [1.54, 1.807) is 18.2 Å². The summed E-state index contributed by atoms with van der Waals surface area (Å²) in [5.74, 6) is -3.20. The highest BCUT2D eigenvalue weighted by molar-refractivity contribution is 6.16. The number of amides is 3. The van der Waals surface area contributed by atoms with Gasteiger partial charge in [-0.15, -0.1) is 0 Å². The van der Waals surface area contributed by atoms with Gasteiger partial charge in [-0.05, 0) is 48.4 Å². The molecular formula is C21H19F2N3O4. The van der Waals surface area contributed by atoms with Crippen LogP contribution in [0.5, 0.6) is 0 Å². The second-order valence-electron chi connectivity index (χ2n) is 7.38. The molecule has 3 amide bonds. The maximum Gasteiger partial charge on any atom is 0.268 e. The summed E-state index contributed by atoms with van der Waals surface area (Å²) in [5, 5.41) is 15.8. The molecule has 4 rings (SSSR count). The summed E-state index contributed by atoms with van der Waals surface area (Å²) in [6, 6.07) is 7.89. The number of hydrogen-bond acceptors (Lipinski definition) is 4. The minimum atomic E-state index is -2.30. The Morgan fingerprint density at radius 1 is 1.17 bits per heavy atom. The number of aliphatic hydroxyl groups is 1. The van der Waals surface area contributed by atoms with E-state index >= 15 is 0 Å². The third-order valence-corrected chi connectivity index (χ3v) is 5.41. The van der Waals surface area contributed by atoms with Crippen molar-refractivity contribution in [2.24, 2.45) is 0 Å². The van der Waals surface area contributed by atoms with Crippen LogP contribution in [0.2, 0.25) is 0 Å². The van der Waals surface area contributed by atoms with E-state index in [4.69, 9.17) is 0 Å². The van der Waals surface area contributed by atoms with Crippen molar-refractivity contribution in [1.82, 2.24) is 5.32 Å². The fourth-order valence-corrected chi connectivity index (χ4v) is 3.70. The van der Waals surface area contributed by atoms with Gasteiger partial charge in [0.15, 0.2) is 0 Å². The van der Waals surface area contributed by atoms with Gasteiger partial charge in [0, 0.05) is 42.9 Å². The summed E-state index contributed by atoms with van der Waals surface area (Å²) in [7, 11) is 0. The second kappa shape index (κ2) is 7.49. The first kappa shape index (κ1) is 20.0. The molecule has 2 aliphatic rings. The largest absolute Gasteiger partial charge is 0.372 e. The molecule has 1 saturated heterocycles. The monoisotopic (exact) mass is 415 g/mol. The van der Waals surface area contributed by atoms with E-state index in [0.717, 1.165) is 23.8 Å². The van der Waals surface area contributed by atoms with Crippen molar-refractivity contribution in [1.29, 1.82) is 0 Å². The average Bonchev–Trinajstić information content (AvgIpc) is 3.04. The number of nitrogens with one attached hydrogen (secondary N) is 2. The Morgan fingerprint density at radius 3 is 2.77 bits per heavy atom. The van der Waals surface area contributed by atoms with E-state index in [1.807, 2.05) is 0 Å². The molecule has 2 aromatic carbocycles. The number of carbonyl (C=O) groups excluding carboxylic acids is 3. The SMILES string of the molecule is O=C1CCc2cc(N3CC[C@](O)(C(=O)NCc4cc(F)ccc4F)C3=O)ccc2N1. The second-order valence-corrected chi connectivity index (χ2v) is 7.38. The molecule has 2 aliphatic heterocycles. The Morgan fingerprint density at radius 2 is 1.97 bits per heavy atom. The first-order chi connectivity index (χ1) is 14.3. The molecule has 2 heterocycles. The third-order valence-electron chi connectivity index (χ3n) is 5.41. The third kappa shape index (κ3) is 3.52. The summed E-state index contributed by atoms with van der Waals surface area (Å²) < 4.78 is 27.0. The highest BCUT2D eigenvalue weighted by Gasteiger charge is 2.51. The standard InChI is InChI=1S/C21H19F2N3O4/c22-14-2-4-16(23)13(9-14)11-24-19(28)21(30)7-8-26(20(21)29)15-3-5-17-12(10-15)1-6-18(27)25-17/h2-5,9-10,30H,1,6-8,11H2,(H,24,28)(H,25,27)/t21-/m0/s1. The molecule has 1 fully saturated rings. The summed E-state index contributed by atoms with van der Waals surface area (Å²) in [5.41, 5.74) is -0.345. The fraction of sp³-hybridized carbons (Fsp3) is 0.286. The van der Waals surface area contributed by atoms with Gasteiger partial charge in [-0.3, -0.25) is 14.4 Å². The Hall–Kier alpha value is -3.33. The highest BCUT2D eigenvalue weighted by atomic mass is 19.1. The summed E-state index contributed by atoms with van der Waals surface area (Å²) >= 11 is 0. The van der Waals surface area contributed by atoms with Crippen LogP contribution in [0.25, 0.3) is 0 Å². The number of halogens is 2. The number of aryl methyl sites for hydroxylation is 1. The predicted octanol–water partition coefficient (Wildman–Crippen LogP) is 1.63. The number of fused-ring (bicyclic) bond motifs is 1. The van der Waals surface area contributed by atoms with Gasteiger partial charge in [-0.25, -0.2) is 8.78 Å². The molecule has 0 aromatic heterocycles. The summed E-state index contributed by atoms with van der Waals surface area (Å²) in [4.78, 5) is 38.1. The van der Waals surface area contributed by atoms with Gasteiger partial charge in [-0.2, -0.15) is 0 Å². The zero-order valence-corrected chi connectivity index (χ0v) is 15.9. The Kier molecular flexibility index (Phi) is 4.98. The molecule has 156 valence electrons. The first-order valence-electron chi connectivity index (χ1n) is 9.47. The van der Waals surface area contributed by atoms with Gasteiger partial charge in [-0.1, -0.05) is 0 Å². The van der Waals surface area contributed by atoms with Crippen LogP contribution in [0.3, 0.4) is 0 Å². The van der Waals surface area contributed by atoms with Crippen molar-refractivity contribution in [3.8, 4) is 0 Å². The van der Waals surface area contributed by atoms with Crippen LogP contribution in [0.1, 0.15) is 24.0 Å². The zero-order chi connectivity index (χ0) is 21.5. The number of hydrogen-bond donors (Lipinski definition) is 3. The van der Waals surface area contributed by atoms with E-state index in [9.17, 15) is 28.3 Å². The van der Waals surface area contributed by atoms with E-state index in [1.165, 1.54) is 4.90 Å². The fourth-order valence-electron chi connectivity index (χ4n) is 3.70. The molecule has 0 bridgehead atoms. The van der Waals surface area contributed by atoms with Gasteiger partial charge in [0.2, 0.25) is 11.5 Å². The smallest absolute Gasteiger partial charge is 0.268 e. The molecule has 0 saturated carbocycles. The molecule has 0 radical (unpaired) electrons. The van der Waals surface area contributed by atoms with E-state index < -0.39 is 29.0 Å². The lowest BCUT2D eigenvalue weighted by Crippen LogP contribution is -2.52. The number of anilines is 2. The van der Waals surface area contributed by atoms with Crippen molar-refractivity contribution in [3.63, 3.8) is 0 Å². The van der Waals surface area contributed by atoms with Crippen molar-refractivity contribution >= 4 is 29.1 Å². The van der Waals surface area contributed by atoms with Gasteiger partial charge in [0.25, 0.3) is 11.8 Å². The predicted molar refractivity (Wildman–Crippen MR) is 104 cm³/mol. The molecule has 9 heteroatoms. The van der Waals surface area contributed by atoms with Crippen molar-refractivity contribution < 1.29 is 28.3 Å². The minimum Gasteiger partial charge on any atom is -0.372 e. The molecular weight excluding hydrogens is 396 g/mol. The lowest BCUT2D eigenvalue weighted by molar-refractivity contribution is -0.149. The van der Waals surface area contributed by atoms with Crippen LogP contribution in [0, 0.1) is 11.6 Å². The van der Waals surface area contributed by atoms with Crippen LogP contribution >= 0.6 is 0 Å². The molecule has 3 N–H and O–H groups in total. The van der Waals surface area contributed by atoms with Crippen LogP contribution in [-0.4, -0.2) is 35.0 Å². The van der Waals surface area contributed by atoms with Crippen molar-refractivity contribution in [2.45, 2.75) is 31.4 Å². The molecule has 1 atom stereocenters. The Bertz CT molecular complexity index is 1060. The summed E-state index contributed by atoms with van der Waals surface area (Å²) in [6.45, 7) is -0.251. The maximum absolute atomic E-state index is 13.7. The molecule has 30 heavy (non-hydrogen) atoms. The van der Waals surface area contributed by atoms with Crippen LogP contribution in [0.15, 0.2) is 36.4 Å². The summed E-state index contributed by atoms with van der Waals surface area (Å²) in [6.07, 6.45) is 0.728.